The van der Waals surface area contributed by atoms with Crippen molar-refractivity contribution in [3.63, 3.8) is 0 Å². The second-order valence-corrected chi connectivity index (χ2v) is 7.80. The van der Waals surface area contributed by atoms with E-state index in [1.165, 1.54) is 23.0 Å². The average Bonchev–Trinajstić information content (AvgIpc) is 3.11. The van der Waals surface area contributed by atoms with E-state index < -0.39 is 0 Å². The minimum absolute atomic E-state index is 0.116. The number of rotatable bonds is 8. The maximum absolute atomic E-state index is 12.9. The van der Waals surface area contributed by atoms with Gasteiger partial charge in [-0.25, -0.2) is 4.39 Å². The molecule has 32 heavy (non-hydrogen) atoms. The van der Waals surface area contributed by atoms with Crippen molar-refractivity contribution in [2.24, 2.45) is 0 Å². The lowest BCUT2D eigenvalue weighted by molar-refractivity contribution is -0.121. The van der Waals surface area contributed by atoms with E-state index in [-0.39, 0.29) is 30.5 Å². The highest BCUT2D eigenvalue weighted by atomic mass is 19.1. The summed E-state index contributed by atoms with van der Waals surface area (Å²) < 4.78 is 15.2. The van der Waals surface area contributed by atoms with E-state index in [9.17, 15) is 14.0 Å². The van der Waals surface area contributed by atoms with Crippen LogP contribution in [-0.4, -0.2) is 16.4 Å². The highest BCUT2D eigenvalue weighted by molar-refractivity contribution is 6.09. The van der Waals surface area contributed by atoms with E-state index in [2.05, 4.69) is 34.3 Å². The Morgan fingerprint density at radius 3 is 2.38 bits per heavy atom. The largest absolute Gasteiger partial charge is 0.352 e. The molecule has 164 valence electrons. The molecule has 0 radical (unpaired) electrons. The Balaban J connectivity index is 1.30. The lowest BCUT2D eigenvalue weighted by atomic mass is 10.1. The van der Waals surface area contributed by atoms with Crippen LogP contribution in [-0.2, 0) is 22.7 Å². The molecule has 1 heterocycles. The van der Waals surface area contributed by atoms with Crippen molar-refractivity contribution in [1.29, 1.82) is 0 Å². The van der Waals surface area contributed by atoms with Crippen molar-refractivity contribution in [1.82, 2.24) is 9.88 Å². The molecule has 4 aromatic rings. The van der Waals surface area contributed by atoms with Crippen LogP contribution in [0.2, 0.25) is 0 Å². The number of aromatic nitrogens is 1. The van der Waals surface area contributed by atoms with Crippen molar-refractivity contribution in [3.8, 4) is 0 Å². The fourth-order valence-electron chi connectivity index (χ4n) is 4.00. The Labute approximate surface area is 186 Å². The van der Waals surface area contributed by atoms with Gasteiger partial charge in [-0.05, 0) is 55.3 Å². The van der Waals surface area contributed by atoms with Crippen LogP contribution in [0.5, 0.6) is 0 Å². The molecule has 0 spiro atoms. The fraction of sp³-hybridized carbons (Fsp3) is 0.231. The van der Waals surface area contributed by atoms with Gasteiger partial charge in [0.15, 0.2) is 0 Å². The topological polar surface area (TPSA) is 63.1 Å². The molecule has 4 rings (SSSR count). The van der Waals surface area contributed by atoms with Gasteiger partial charge in [-0.2, -0.15) is 0 Å². The number of carbonyl (C=O) groups excluding carboxylic acids is 2. The minimum Gasteiger partial charge on any atom is -0.352 e. The summed E-state index contributed by atoms with van der Waals surface area (Å²) in [6, 6.07) is 20.2. The first-order valence-corrected chi connectivity index (χ1v) is 10.9. The fourth-order valence-corrected chi connectivity index (χ4v) is 4.00. The number of anilines is 1. The molecule has 0 aliphatic rings. The summed E-state index contributed by atoms with van der Waals surface area (Å²) in [7, 11) is 0. The van der Waals surface area contributed by atoms with Crippen LogP contribution < -0.4 is 10.6 Å². The van der Waals surface area contributed by atoms with Gasteiger partial charge < -0.3 is 15.2 Å². The summed E-state index contributed by atoms with van der Waals surface area (Å²) in [5.74, 6) is -0.549. The Morgan fingerprint density at radius 1 is 0.875 bits per heavy atom. The number of benzene rings is 3. The SMILES string of the molecule is CCn1c2ccccc2c2cc(NC(=O)CCCC(=O)NCc3ccc(F)cc3)ccc21. The van der Waals surface area contributed by atoms with Crippen LogP contribution in [0.15, 0.2) is 66.7 Å². The molecule has 0 aliphatic heterocycles. The molecule has 2 N–H and O–H groups in total. The predicted octanol–water partition coefficient (Wildman–Crippen LogP) is 5.38. The number of para-hydroxylation sites is 1. The zero-order valence-electron chi connectivity index (χ0n) is 18.0. The molecule has 0 unspecified atom stereocenters. The van der Waals surface area contributed by atoms with Crippen LogP contribution in [0.3, 0.4) is 0 Å². The van der Waals surface area contributed by atoms with Crippen molar-refractivity contribution in [2.75, 3.05) is 5.32 Å². The molecule has 2 amide bonds. The summed E-state index contributed by atoms with van der Waals surface area (Å²) in [6.07, 6.45) is 0.981. The molecule has 0 aliphatic carbocycles. The molecule has 0 saturated carbocycles. The number of aryl methyl sites for hydroxylation is 1. The number of halogens is 1. The first-order chi connectivity index (χ1) is 15.5. The molecule has 3 aromatic carbocycles. The Kier molecular flexibility index (Phi) is 6.50. The van der Waals surface area contributed by atoms with Crippen molar-refractivity contribution >= 4 is 39.3 Å². The monoisotopic (exact) mass is 431 g/mol. The first kappa shape index (κ1) is 21.6. The van der Waals surface area contributed by atoms with Crippen molar-refractivity contribution < 1.29 is 14.0 Å². The second-order valence-electron chi connectivity index (χ2n) is 7.80. The number of hydrogen-bond donors (Lipinski definition) is 2. The van der Waals surface area contributed by atoms with E-state index in [0.29, 0.717) is 13.0 Å². The van der Waals surface area contributed by atoms with Gasteiger partial charge in [0.25, 0.3) is 0 Å². The van der Waals surface area contributed by atoms with Gasteiger partial charge in [0, 0.05) is 53.4 Å². The smallest absolute Gasteiger partial charge is 0.224 e. The molecule has 5 nitrogen and oxygen atoms in total. The van der Waals surface area contributed by atoms with Gasteiger partial charge in [-0.3, -0.25) is 9.59 Å². The average molecular weight is 432 g/mol. The molecular formula is C26H26FN3O2. The third-order valence-electron chi connectivity index (χ3n) is 5.58. The highest BCUT2D eigenvalue weighted by Crippen LogP contribution is 2.31. The van der Waals surface area contributed by atoms with Gasteiger partial charge in [0.1, 0.15) is 5.82 Å². The summed E-state index contributed by atoms with van der Waals surface area (Å²) in [6.45, 7) is 3.34. The van der Waals surface area contributed by atoms with Crippen LogP contribution in [0.25, 0.3) is 21.8 Å². The normalized spacial score (nSPS) is 11.1. The summed E-state index contributed by atoms with van der Waals surface area (Å²) in [5, 5.41) is 8.02. The lowest BCUT2D eigenvalue weighted by Crippen LogP contribution is -2.23. The maximum atomic E-state index is 12.9. The Bertz CT molecular complexity index is 1260. The second kappa shape index (κ2) is 9.64. The van der Waals surface area contributed by atoms with Crippen molar-refractivity contribution in [2.45, 2.75) is 39.3 Å². The molecule has 1 aromatic heterocycles. The predicted molar refractivity (Wildman–Crippen MR) is 126 cm³/mol. The molecular weight excluding hydrogens is 405 g/mol. The van der Waals surface area contributed by atoms with Crippen LogP contribution >= 0.6 is 0 Å². The van der Waals surface area contributed by atoms with Crippen LogP contribution in [0, 0.1) is 5.82 Å². The molecule has 6 heteroatoms. The molecule has 0 atom stereocenters. The van der Waals surface area contributed by atoms with Crippen LogP contribution in [0.4, 0.5) is 10.1 Å². The zero-order valence-corrected chi connectivity index (χ0v) is 18.0. The first-order valence-electron chi connectivity index (χ1n) is 10.9. The number of carbonyl (C=O) groups is 2. The molecule has 0 bridgehead atoms. The van der Waals surface area contributed by atoms with Gasteiger partial charge in [-0.1, -0.05) is 30.3 Å². The van der Waals surface area contributed by atoms with Gasteiger partial charge in [0.2, 0.25) is 11.8 Å². The number of amides is 2. The zero-order chi connectivity index (χ0) is 22.5. The number of fused-ring (bicyclic) bond motifs is 3. The molecule has 0 saturated heterocycles. The van der Waals surface area contributed by atoms with Gasteiger partial charge >= 0.3 is 0 Å². The Hall–Kier alpha value is -3.67. The van der Waals surface area contributed by atoms with Gasteiger partial charge in [0.05, 0.1) is 0 Å². The van der Waals surface area contributed by atoms with E-state index in [4.69, 9.17) is 0 Å². The maximum Gasteiger partial charge on any atom is 0.224 e. The quantitative estimate of drug-likeness (QED) is 0.393. The van der Waals surface area contributed by atoms with E-state index in [0.717, 1.165) is 28.7 Å². The number of nitrogens with one attached hydrogen (secondary N) is 2. The number of hydrogen-bond acceptors (Lipinski definition) is 2. The lowest BCUT2D eigenvalue weighted by Gasteiger charge is -2.08. The molecule has 0 fully saturated rings. The van der Waals surface area contributed by atoms with E-state index in [1.807, 2.05) is 30.3 Å². The third-order valence-corrected chi connectivity index (χ3v) is 5.58. The van der Waals surface area contributed by atoms with E-state index >= 15 is 0 Å². The summed E-state index contributed by atoms with van der Waals surface area (Å²) in [5.41, 5.74) is 3.91. The summed E-state index contributed by atoms with van der Waals surface area (Å²) >= 11 is 0. The Morgan fingerprint density at radius 2 is 1.59 bits per heavy atom. The van der Waals surface area contributed by atoms with Crippen LogP contribution in [0.1, 0.15) is 31.7 Å². The third kappa shape index (κ3) is 4.80. The van der Waals surface area contributed by atoms with Gasteiger partial charge in [-0.15, -0.1) is 0 Å². The highest BCUT2D eigenvalue weighted by Gasteiger charge is 2.11. The minimum atomic E-state index is -0.304. The standard InChI is InChI=1S/C26H26FN3O2/c1-2-30-23-7-4-3-6-21(23)22-16-20(14-15-24(22)30)29-26(32)9-5-8-25(31)28-17-18-10-12-19(27)13-11-18/h3-4,6-7,10-16H,2,5,8-9,17H2,1H3,(H,28,31)(H,29,32). The van der Waals surface area contributed by atoms with E-state index in [1.54, 1.807) is 12.1 Å². The number of nitrogens with zero attached hydrogens (tertiary/aromatic N) is 1. The van der Waals surface area contributed by atoms with Crippen molar-refractivity contribution in [3.05, 3.63) is 78.1 Å². The summed E-state index contributed by atoms with van der Waals surface area (Å²) in [4.78, 5) is 24.4.